The quantitative estimate of drug-likeness (QED) is 0.670. The number of nitrogens with one attached hydrogen (secondary N) is 1. The maximum absolute atomic E-state index is 13.4. The van der Waals surface area contributed by atoms with Crippen molar-refractivity contribution in [3.05, 3.63) is 33.9 Å². The fourth-order valence-electron chi connectivity index (χ4n) is 1.53. The monoisotopic (exact) mass is 267 g/mol. The number of hydrogen-bond donors (Lipinski definition) is 1. The van der Waals surface area contributed by atoms with Crippen molar-refractivity contribution in [1.29, 1.82) is 5.26 Å². The predicted molar refractivity (Wildman–Crippen MR) is 58.9 cm³/mol. The minimum atomic E-state index is -1.33. The SMILES string of the molecule is N#CC1(C(=O)Nc2cc([N+](=O)[O-])c(F)cc2F)CC1. The van der Waals surface area contributed by atoms with Gasteiger partial charge < -0.3 is 5.32 Å². The third-order valence-electron chi connectivity index (χ3n) is 2.88. The minimum absolute atomic E-state index is 0.319. The van der Waals surface area contributed by atoms with E-state index in [-0.39, 0.29) is 0 Å². The van der Waals surface area contributed by atoms with Gasteiger partial charge in [-0.05, 0) is 12.8 Å². The molecule has 0 spiro atoms. The molecule has 0 bridgehead atoms. The Hall–Kier alpha value is -2.56. The number of nitriles is 1. The fraction of sp³-hybridized carbons (Fsp3) is 0.273. The van der Waals surface area contributed by atoms with Gasteiger partial charge in [0.15, 0.2) is 0 Å². The van der Waals surface area contributed by atoms with Crippen molar-refractivity contribution in [3.63, 3.8) is 0 Å². The van der Waals surface area contributed by atoms with E-state index in [4.69, 9.17) is 5.26 Å². The zero-order chi connectivity index (χ0) is 14.2. The van der Waals surface area contributed by atoms with Gasteiger partial charge in [-0.1, -0.05) is 0 Å². The summed E-state index contributed by atoms with van der Waals surface area (Å²) in [6.45, 7) is 0. The maximum atomic E-state index is 13.4. The van der Waals surface area contributed by atoms with Crippen LogP contribution in [0.3, 0.4) is 0 Å². The van der Waals surface area contributed by atoms with Crippen LogP contribution in [0.5, 0.6) is 0 Å². The molecule has 0 aliphatic heterocycles. The average Bonchev–Trinajstić information content (AvgIpc) is 3.12. The van der Waals surface area contributed by atoms with Gasteiger partial charge in [0.1, 0.15) is 11.2 Å². The van der Waals surface area contributed by atoms with E-state index >= 15 is 0 Å². The second-order valence-corrected chi connectivity index (χ2v) is 4.19. The summed E-state index contributed by atoms with van der Waals surface area (Å²) in [7, 11) is 0. The van der Waals surface area contributed by atoms with Crippen molar-refractivity contribution >= 4 is 17.3 Å². The Morgan fingerprint density at radius 1 is 1.42 bits per heavy atom. The first kappa shape index (κ1) is 12.9. The number of benzene rings is 1. The summed E-state index contributed by atoms with van der Waals surface area (Å²) in [4.78, 5) is 21.2. The predicted octanol–water partition coefficient (Wildman–Crippen LogP) is 2.12. The molecule has 8 heteroatoms. The number of carbonyl (C=O) groups is 1. The van der Waals surface area contributed by atoms with Crippen LogP contribution in [-0.4, -0.2) is 10.8 Å². The molecule has 6 nitrogen and oxygen atoms in total. The molecule has 0 aromatic heterocycles. The van der Waals surface area contributed by atoms with E-state index in [2.05, 4.69) is 5.32 Å². The van der Waals surface area contributed by atoms with Gasteiger partial charge in [-0.15, -0.1) is 0 Å². The third-order valence-corrected chi connectivity index (χ3v) is 2.88. The molecule has 0 heterocycles. The average molecular weight is 267 g/mol. The molecule has 0 radical (unpaired) electrons. The summed E-state index contributed by atoms with van der Waals surface area (Å²) in [5, 5.41) is 21.4. The van der Waals surface area contributed by atoms with Crippen LogP contribution < -0.4 is 5.32 Å². The van der Waals surface area contributed by atoms with Crippen LogP contribution >= 0.6 is 0 Å². The lowest BCUT2D eigenvalue weighted by molar-refractivity contribution is -0.387. The van der Waals surface area contributed by atoms with E-state index in [0.717, 1.165) is 0 Å². The van der Waals surface area contributed by atoms with Crippen LogP contribution in [0, 0.1) is 38.5 Å². The van der Waals surface area contributed by atoms with Crippen molar-refractivity contribution in [2.75, 3.05) is 5.32 Å². The minimum Gasteiger partial charge on any atom is -0.322 e. The summed E-state index contributed by atoms with van der Waals surface area (Å²) >= 11 is 0. The summed E-state index contributed by atoms with van der Waals surface area (Å²) in [6, 6.07) is 2.71. The van der Waals surface area contributed by atoms with Gasteiger partial charge in [0, 0.05) is 12.1 Å². The van der Waals surface area contributed by atoms with E-state index in [0.29, 0.717) is 25.0 Å². The molecule has 1 amide bonds. The first-order chi connectivity index (χ1) is 8.89. The van der Waals surface area contributed by atoms with E-state index < -0.39 is 39.3 Å². The first-order valence-electron chi connectivity index (χ1n) is 5.26. The number of nitrogens with zero attached hydrogens (tertiary/aromatic N) is 2. The second kappa shape index (κ2) is 4.28. The normalized spacial score (nSPS) is 15.4. The molecule has 1 aliphatic carbocycles. The summed E-state index contributed by atoms with van der Waals surface area (Å²) in [5.74, 6) is -3.21. The molecule has 0 atom stereocenters. The van der Waals surface area contributed by atoms with E-state index in [9.17, 15) is 23.7 Å². The Kier molecular flexibility index (Phi) is 2.90. The highest BCUT2D eigenvalue weighted by Crippen LogP contribution is 2.46. The Balaban J connectivity index is 2.31. The third kappa shape index (κ3) is 2.22. The van der Waals surface area contributed by atoms with Gasteiger partial charge in [-0.3, -0.25) is 14.9 Å². The lowest BCUT2D eigenvalue weighted by atomic mass is 10.1. The second-order valence-electron chi connectivity index (χ2n) is 4.19. The van der Waals surface area contributed by atoms with Crippen LogP contribution in [0.25, 0.3) is 0 Å². The number of anilines is 1. The highest BCUT2D eigenvalue weighted by Gasteiger charge is 2.50. The van der Waals surface area contributed by atoms with Crippen LogP contribution in [0.15, 0.2) is 12.1 Å². The molecule has 0 saturated heterocycles. The van der Waals surface area contributed by atoms with Crippen molar-refractivity contribution in [1.82, 2.24) is 0 Å². The molecule has 2 rings (SSSR count). The lowest BCUT2D eigenvalue weighted by Gasteiger charge is -2.09. The molecule has 19 heavy (non-hydrogen) atoms. The van der Waals surface area contributed by atoms with Gasteiger partial charge in [-0.2, -0.15) is 9.65 Å². The largest absolute Gasteiger partial charge is 0.322 e. The number of hydrogen-bond acceptors (Lipinski definition) is 4. The van der Waals surface area contributed by atoms with Crippen molar-refractivity contribution in [2.24, 2.45) is 5.41 Å². The highest BCUT2D eigenvalue weighted by molar-refractivity contribution is 5.99. The maximum Gasteiger partial charge on any atom is 0.307 e. The topological polar surface area (TPSA) is 96.0 Å². The molecule has 0 unspecified atom stereocenters. The number of carbonyl (C=O) groups excluding carboxylic acids is 1. The van der Waals surface area contributed by atoms with Crippen LogP contribution in [0.2, 0.25) is 0 Å². The molecule has 1 aromatic carbocycles. The highest BCUT2D eigenvalue weighted by atomic mass is 19.1. The molecular weight excluding hydrogens is 260 g/mol. The van der Waals surface area contributed by atoms with Gasteiger partial charge in [0.2, 0.25) is 11.7 Å². The lowest BCUT2D eigenvalue weighted by Crippen LogP contribution is -2.23. The van der Waals surface area contributed by atoms with Crippen molar-refractivity contribution in [2.45, 2.75) is 12.8 Å². The van der Waals surface area contributed by atoms with Gasteiger partial charge in [-0.25, -0.2) is 4.39 Å². The Labute approximate surface area is 105 Å². The fourth-order valence-corrected chi connectivity index (χ4v) is 1.53. The zero-order valence-corrected chi connectivity index (χ0v) is 9.44. The molecule has 1 fully saturated rings. The standard InChI is InChI=1S/C11H7F2N3O3/c12-6-3-7(13)9(16(18)19)4-8(6)15-10(17)11(5-14)1-2-11/h3-4H,1-2H2,(H,15,17). The van der Waals surface area contributed by atoms with Gasteiger partial charge in [0.05, 0.1) is 16.7 Å². The van der Waals surface area contributed by atoms with E-state index in [1.165, 1.54) is 0 Å². The van der Waals surface area contributed by atoms with E-state index in [1.807, 2.05) is 0 Å². The van der Waals surface area contributed by atoms with Crippen LogP contribution in [0.4, 0.5) is 20.2 Å². The van der Waals surface area contributed by atoms with Crippen LogP contribution in [-0.2, 0) is 4.79 Å². The Morgan fingerprint density at radius 3 is 2.53 bits per heavy atom. The molecule has 1 aliphatic rings. The van der Waals surface area contributed by atoms with Gasteiger partial charge >= 0.3 is 5.69 Å². The summed E-state index contributed by atoms with van der Waals surface area (Å²) in [5.41, 5.74) is -2.66. The number of amides is 1. The number of halogens is 2. The van der Waals surface area contributed by atoms with E-state index in [1.54, 1.807) is 6.07 Å². The molecular formula is C11H7F2N3O3. The smallest absolute Gasteiger partial charge is 0.307 e. The first-order valence-corrected chi connectivity index (χ1v) is 5.26. The van der Waals surface area contributed by atoms with Gasteiger partial charge in [0.25, 0.3) is 0 Å². The number of nitro groups is 1. The van der Waals surface area contributed by atoms with Crippen LogP contribution in [0.1, 0.15) is 12.8 Å². The van der Waals surface area contributed by atoms with Crippen molar-refractivity contribution in [3.8, 4) is 6.07 Å². The molecule has 1 aromatic rings. The Bertz CT molecular complexity index is 620. The molecule has 1 N–H and O–H groups in total. The Morgan fingerprint density at radius 2 is 2.05 bits per heavy atom. The zero-order valence-electron chi connectivity index (χ0n) is 9.44. The number of rotatable bonds is 3. The molecule has 1 saturated carbocycles. The van der Waals surface area contributed by atoms with Crippen molar-refractivity contribution < 1.29 is 18.5 Å². The molecule has 98 valence electrons. The summed E-state index contributed by atoms with van der Waals surface area (Å²) in [6.07, 6.45) is 0.695. The summed E-state index contributed by atoms with van der Waals surface area (Å²) < 4.78 is 26.5. The number of nitro benzene ring substituents is 1.